The molecule has 0 saturated heterocycles. The average molecular weight is 195 g/mol. The van der Waals surface area contributed by atoms with Crippen LogP contribution in [0.2, 0.25) is 0 Å². The lowest BCUT2D eigenvalue weighted by Gasteiger charge is -2.15. The molecule has 0 heterocycles. The molecule has 1 aromatic rings. The van der Waals surface area contributed by atoms with E-state index >= 15 is 0 Å². The van der Waals surface area contributed by atoms with Crippen LogP contribution in [0.3, 0.4) is 0 Å². The van der Waals surface area contributed by atoms with Gasteiger partial charge in [0.15, 0.2) is 0 Å². The lowest BCUT2D eigenvalue weighted by atomic mass is 10.1. The molecule has 0 spiro atoms. The number of nitrogens with zero attached hydrogens (tertiary/aromatic N) is 1. The Morgan fingerprint density at radius 1 is 1.29 bits per heavy atom. The van der Waals surface area contributed by atoms with Gasteiger partial charge < -0.3 is 14.7 Å². The van der Waals surface area contributed by atoms with Crippen molar-refractivity contribution in [2.24, 2.45) is 0 Å². The molecule has 0 atom stereocenters. The fraction of sp³-hybridized carbons (Fsp3) is 0.455. The van der Waals surface area contributed by atoms with Gasteiger partial charge in [0.2, 0.25) is 0 Å². The van der Waals surface area contributed by atoms with E-state index in [0.29, 0.717) is 0 Å². The molecule has 0 saturated carbocycles. The summed E-state index contributed by atoms with van der Waals surface area (Å²) in [7, 11) is 5.64. The van der Waals surface area contributed by atoms with Gasteiger partial charge in [0.1, 0.15) is 5.75 Å². The molecule has 0 aliphatic carbocycles. The van der Waals surface area contributed by atoms with Crippen LogP contribution in [-0.2, 0) is 13.2 Å². The molecule has 0 amide bonds. The van der Waals surface area contributed by atoms with Crippen LogP contribution in [0.4, 0.5) is 0 Å². The van der Waals surface area contributed by atoms with Crippen LogP contribution in [0, 0.1) is 0 Å². The van der Waals surface area contributed by atoms with Gasteiger partial charge in [-0.3, -0.25) is 0 Å². The third-order valence-electron chi connectivity index (χ3n) is 2.04. The number of methoxy groups -OCH3 is 1. The van der Waals surface area contributed by atoms with Crippen LogP contribution < -0.4 is 4.74 Å². The highest BCUT2D eigenvalue weighted by atomic mass is 16.5. The maximum atomic E-state index is 9.11. The topological polar surface area (TPSA) is 32.7 Å². The summed E-state index contributed by atoms with van der Waals surface area (Å²) in [4.78, 5) is 2.07. The van der Waals surface area contributed by atoms with E-state index in [1.165, 1.54) is 0 Å². The van der Waals surface area contributed by atoms with Crippen LogP contribution in [0.15, 0.2) is 18.2 Å². The molecule has 78 valence electrons. The van der Waals surface area contributed by atoms with E-state index in [4.69, 9.17) is 9.84 Å². The average Bonchev–Trinajstić information content (AvgIpc) is 2.16. The lowest BCUT2D eigenvalue weighted by molar-refractivity contribution is 0.272. The van der Waals surface area contributed by atoms with Crippen LogP contribution >= 0.6 is 0 Å². The standard InChI is InChI=1S/C11H17NO2/c1-12(2)7-9-5-4-6-10(8-13)11(9)14-3/h4-6,13H,7-8H2,1-3H3. The van der Waals surface area contributed by atoms with Gasteiger partial charge in [-0.1, -0.05) is 18.2 Å². The van der Waals surface area contributed by atoms with E-state index in [2.05, 4.69) is 4.90 Å². The zero-order valence-corrected chi connectivity index (χ0v) is 8.95. The highest BCUT2D eigenvalue weighted by molar-refractivity contribution is 5.41. The second kappa shape index (κ2) is 4.98. The van der Waals surface area contributed by atoms with E-state index in [1.54, 1.807) is 7.11 Å². The van der Waals surface area contributed by atoms with E-state index in [-0.39, 0.29) is 6.61 Å². The number of para-hydroxylation sites is 1. The third kappa shape index (κ3) is 2.47. The van der Waals surface area contributed by atoms with Gasteiger partial charge in [-0.25, -0.2) is 0 Å². The van der Waals surface area contributed by atoms with Gasteiger partial charge in [0.05, 0.1) is 13.7 Å². The smallest absolute Gasteiger partial charge is 0.128 e. The van der Waals surface area contributed by atoms with E-state index < -0.39 is 0 Å². The number of hydrogen-bond acceptors (Lipinski definition) is 3. The van der Waals surface area contributed by atoms with Crippen molar-refractivity contribution in [2.75, 3.05) is 21.2 Å². The van der Waals surface area contributed by atoms with Crippen LogP contribution in [0.25, 0.3) is 0 Å². The van der Waals surface area contributed by atoms with Crippen molar-refractivity contribution >= 4 is 0 Å². The van der Waals surface area contributed by atoms with Crippen molar-refractivity contribution in [3.63, 3.8) is 0 Å². The largest absolute Gasteiger partial charge is 0.496 e. The van der Waals surface area contributed by atoms with Crippen molar-refractivity contribution in [1.29, 1.82) is 0 Å². The predicted molar refractivity (Wildman–Crippen MR) is 56.3 cm³/mol. The van der Waals surface area contributed by atoms with Crippen molar-refractivity contribution in [1.82, 2.24) is 4.90 Å². The minimum absolute atomic E-state index is 0.0183. The Kier molecular flexibility index (Phi) is 3.92. The maximum absolute atomic E-state index is 9.11. The van der Waals surface area contributed by atoms with Crippen molar-refractivity contribution in [3.8, 4) is 5.75 Å². The molecular formula is C11H17NO2. The quantitative estimate of drug-likeness (QED) is 0.784. The lowest BCUT2D eigenvalue weighted by Crippen LogP contribution is -2.12. The van der Waals surface area contributed by atoms with E-state index in [0.717, 1.165) is 23.4 Å². The first-order valence-electron chi connectivity index (χ1n) is 4.59. The monoisotopic (exact) mass is 195 g/mol. The number of benzene rings is 1. The van der Waals surface area contributed by atoms with Crippen LogP contribution in [0.5, 0.6) is 5.75 Å². The van der Waals surface area contributed by atoms with Crippen molar-refractivity contribution in [2.45, 2.75) is 13.2 Å². The van der Waals surface area contributed by atoms with Gasteiger partial charge in [0, 0.05) is 17.7 Å². The van der Waals surface area contributed by atoms with Gasteiger partial charge in [-0.15, -0.1) is 0 Å². The summed E-state index contributed by atoms with van der Waals surface area (Å²) in [6.07, 6.45) is 0. The molecule has 1 N–H and O–H groups in total. The molecule has 14 heavy (non-hydrogen) atoms. The zero-order valence-electron chi connectivity index (χ0n) is 8.95. The van der Waals surface area contributed by atoms with Crippen LogP contribution in [-0.4, -0.2) is 31.2 Å². The van der Waals surface area contributed by atoms with Crippen LogP contribution in [0.1, 0.15) is 11.1 Å². The second-order valence-corrected chi connectivity index (χ2v) is 3.51. The Hall–Kier alpha value is -1.06. The fourth-order valence-electron chi connectivity index (χ4n) is 1.49. The molecule has 1 aromatic carbocycles. The number of aliphatic hydroxyl groups is 1. The number of rotatable bonds is 4. The third-order valence-corrected chi connectivity index (χ3v) is 2.04. The second-order valence-electron chi connectivity index (χ2n) is 3.51. The Balaban J connectivity index is 3.02. The summed E-state index contributed by atoms with van der Waals surface area (Å²) in [5.74, 6) is 0.795. The molecule has 0 radical (unpaired) electrons. The molecule has 3 heteroatoms. The first-order valence-corrected chi connectivity index (χ1v) is 4.59. The molecule has 0 aliphatic rings. The molecular weight excluding hydrogens is 178 g/mol. The minimum atomic E-state index is 0.0183. The summed E-state index contributed by atoms with van der Waals surface area (Å²) in [5, 5.41) is 9.11. The van der Waals surface area contributed by atoms with Crippen molar-refractivity contribution < 1.29 is 9.84 Å². The van der Waals surface area contributed by atoms with Gasteiger partial charge in [-0.2, -0.15) is 0 Å². The molecule has 3 nitrogen and oxygen atoms in total. The molecule has 0 fully saturated rings. The first-order chi connectivity index (χ1) is 6.69. The highest BCUT2D eigenvalue weighted by Crippen LogP contribution is 2.24. The summed E-state index contributed by atoms with van der Waals surface area (Å²) in [6.45, 7) is 0.835. The summed E-state index contributed by atoms with van der Waals surface area (Å²) in [6, 6.07) is 5.82. The van der Waals surface area contributed by atoms with Gasteiger partial charge in [-0.05, 0) is 14.1 Å². The minimum Gasteiger partial charge on any atom is -0.496 e. The predicted octanol–water partition coefficient (Wildman–Crippen LogP) is 1.25. The number of hydrogen-bond donors (Lipinski definition) is 1. The Bertz CT molecular complexity index is 297. The van der Waals surface area contributed by atoms with Crippen molar-refractivity contribution in [3.05, 3.63) is 29.3 Å². The van der Waals surface area contributed by atoms with Gasteiger partial charge >= 0.3 is 0 Å². The highest BCUT2D eigenvalue weighted by Gasteiger charge is 2.08. The number of aliphatic hydroxyl groups excluding tert-OH is 1. The SMILES string of the molecule is COc1c(CO)cccc1CN(C)C. The van der Waals surface area contributed by atoms with Gasteiger partial charge in [0.25, 0.3) is 0 Å². The Morgan fingerprint density at radius 2 is 1.93 bits per heavy atom. The van der Waals surface area contributed by atoms with E-state index in [9.17, 15) is 0 Å². The normalized spacial score (nSPS) is 10.6. The molecule has 0 aromatic heterocycles. The summed E-state index contributed by atoms with van der Waals surface area (Å²) in [5.41, 5.74) is 1.94. The summed E-state index contributed by atoms with van der Waals surface area (Å²) < 4.78 is 5.28. The molecule has 0 unspecified atom stereocenters. The molecule has 1 rings (SSSR count). The zero-order chi connectivity index (χ0) is 10.6. The Labute approximate surface area is 84.9 Å². The van der Waals surface area contributed by atoms with E-state index in [1.807, 2.05) is 32.3 Å². The first kappa shape index (κ1) is 11.0. The summed E-state index contributed by atoms with van der Waals surface area (Å²) >= 11 is 0. The Morgan fingerprint density at radius 3 is 2.43 bits per heavy atom. The number of ether oxygens (including phenoxy) is 1. The maximum Gasteiger partial charge on any atom is 0.128 e. The molecule has 0 aliphatic heterocycles. The fourth-order valence-corrected chi connectivity index (χ4v) is 1.49. The molecule has 0 bridgehead atoms.